The molecule has 0 radical (unpaired) electrons. The van der Waals surface area contributed by atoms with Gasteiger partial charge in [0.15, 0.2) is 5.82 Å². The fourth-order valence-corrected chi connectivity index (χ4v) is 2.17. The maximum atomic E-state index is 11.3. The average molecular weight is 298 g/mol. The molecule has 0 unspecified atom stereocenters. The van der Waals surface area contributed by atoms with E-state index in [-0.39, 0.29) is 6.10 Å². The van der Waals surface area contributed by atoms with Crippen LogP contribution in [-0.4, -0.2) is 26.8 Å². The van der Waals surface area contributed by atoms with E-state index in [0.717, 1.165) is 5.56 Å². The van der Waals surface area contributed by atoms with Crippen LogP contribution in [0.2, 0.25) is 4.34 Å². The van der Waals surface area contributed by atoms with Gasteiger partial charge in [0.1, 0.15) is 6.33 Å². The number of carbonyl (C=O) groups excluding carboxylic acids is 1. The zero-order valence-electron chi connectivity index (χ0n) is 10.4. The van der Waals surface area contributed by atoms with Crippen LogP contribution in [-0.2, 0) is 9.53 Å². The molecule has 2 aromatic heterocycles. The average Bonchev–Trinajstić information content (AvgIpc) is 2.94. The van der Waals surface area contributed by atoms with Gasteiger partial charge in [-0.1, -0.05) is 11.6 Å². The molecule has 2 heterocycles. The van der Waals surface area contributed by atoms with Gasteiger partial charge in [0.05, 0.1) is 10.4 Å². The van der Waals surface area contributed by atoms with Gasteiger partial charge in [0.25, 0.3) is 0 Å². The van der Waals surface area contributed by atoms with Crippen molar-refractivity contribution in [2.75, 3.05) is 0 Å². The topological polar surface area (TPSA) is 57.0 Å². The molecule has 2 rings (SSSR count). The smallest absolute Gasteiger partial charge is 0.332 e. The van der Waals surface area contributed by atoms with Crippen LogP contribution in [0, 0.1) is 0 Å². The third-order valence-corrected chi connectivity index (χ3v) is 3.14. The third kappa shape index (κ3) is 3.90. The molecular weight excluding hydrogens is 286 g/mol. The summed E-state index contributed by atoms with van der Waals surface area (Å²) in [6, 6.07) is 1.79. The van der Waals surface area contributed by atoms with Crippen LogP contribution in [0.1, 0.15) is 13.8 Å². The maximum absolute atomic E-state index is 11.3. The van der Waals surface area contributed by atoms with Crippen LogP contribution in [0.15, 0.2) is 23.8 Å². The van der Waals surface area contributed by atoms with Gasteiger partial charge in [-0.05, 0) is 19.9 Å². The van der Waals surface area contributed by atoms with Gasteiger partial charge < -0.3 is 4.74 Å². The van der Waals surface area contributed by atoms with E-state index in [1.165, 1.54) is 34.6 Å². The fraction of sp³-hybridized carbons (Fsp3) is 0.250. The summed E-state index contributed by atoms with van der Waals surface area (Å²) in [5.41, 5.74) is 0.854. The van der Waals surface area contributed by atoms with Gasteiger partial charge >= 0.3 is 5.97 Å². The maximum Gasteiger partial charge on any atom is 0.332 e. The highest BCUT2D eigenvalue weighted by Crippen LogP contribution is 2.26. The molecule has 7 heteroatoms. The highest BCUT2D eigenvalue weighted by molar-refractivity contribution is 7.14. The predicted octanol–water partition coefficient (Wildman–Crippen LogP) is 3.08. The Labute approximate surface area is 119 Å². The first kappa shape index (κ1) is 13.8. The van der Waals surface area contributed by atoms with Crippen LogP contribution in [0.25, 0.3) is 17.6 Å². The number of nitrogens with zero attached hydrogens (tertiary/aromatic N) is 3. The summed E-state index contributed by atoms with van der Waals surface area (Å²) in [7, 11) is 0. The van der Waals surface area contributed by atoms with Crippen molar-refractivity contribution in [1.29, 1.82) is 0 Å². The van der Waals surface area contributed by atoms with Gasteiger partial charge in [-0.2, -0.15) is 0 Å². The lowest BCUT2D eigenvalue weighted by Gasteiger charge is -2.03. The predicted molar refractivity (Wildman–Crippen MR) is 74.9 cm³/mol. The minimum atomic E-state index is -0.411. The van der Waals surface area contributed by atoms with Crippen LogP contribution < -0.4 is 0 Å². The van der Waals surface area contributed by atoms with E-state index in [1.54, 1.807) is 19.9 Å². The molecule has 2 aromatic rings. The quantitative estimate of drug-likeness (QED) is 0.643. The SMILES string of the molecule is CC(C)OC(=O)C=Cn1cnc(-c2csc(Cl)c2)n1. The zero-order valence-corrected chi connectivity index (χ0v) is 12.0. The number of aromatic nitrogens is 3. The lowest BCUT2D eigenvalue weighted by Crippen LogP contribution is -2.08. The van der Waals surface area contributed by atoms with E-state index in [4.69, 9.17) is 16.3 Å². The van der Waals surface area contributed by atoms with Crippen molar-refractivity contribution in [3.8, 4) is 11.4 Å². The van der Waals surface area contributed by atoms with Gasteiger partial charge in [0.2, 0.25) is 0 Å². The first-order valence-corrected chi connectivity index (χ1v) is 6.84. The Balaban J connectivity index is 2.05. The first-order valence-electron chi connectivity index (χ1n) is 5.59. The molecule has 19 heavy (non-hydrogen) atoms. The number of thiophene rings is 1. The zero-order chi connectivity index (χ0) is 13.8. The van der Waals surface area contributed by atoms with Crippen molar-refractivity contribution in [2.24, 2.45) is 0 Å². The minimum absolute atomic E-state index is 0.142. The van der Waals surface area contributed by atoms with Gasteiger partial charge in [-0.3, -0.25) is 0 Å². The highest BCUT2D eigenvalue weighted by atomic mass is 35.5. The van der Waals surface area contributed by atoms with Crippen molar-refractivity contribution in [2.45, 2.75) is 20.0 Å². The molecule has 0 fully saturated rings. The number of hydrogen-bond donors (Lipinski definition) is 0. The lowest BCUT2D eigenvalue weighted by molar-refractivity contribution is -0.141. The molecule has 0 aliphatic carbocycles. The summed E-state index contributed by atoms with van der Waals surface area (Å²) in [6.07, 6.45) is 4.17. The molecule has 5 nitrogen and oxygen atoms in total. The molecule has 0 saturated heterocycles. The van der Waals surface area contributed by atoms with Crippen molar-refractivity contribution in [3.63, 3.8) is 0 Å². The number of carbonyl (C=O) groups is 1. The standard InChI is InChI=1S/C12H12ClN3O2S/c1-8(2)18-11(17)3-4-16-7-14-12(15-16)9-5-10(13)19-6-9/h3-8H,1-2H3. The largest absolute Gasteiger partial charge is 0.460 e. The number of rotatable bonds is 4. The Morgan fingerprint density at radius 3 is 3.00 bits per heavy atom. The highest BCUT2D eigenvalue weighted by Gasteiger charge is 2.06. The van der Waals surface area contributed by atoms with Crippen molar-refractivity contribution in [1.82, 2.24) is 14.8 Å². The second kappa shape index (κ2) is 5.99. The van der Waals surface area contributed by atoms with Crippen LogP contribution >= 0.6 is 22.9 Å². The summed E-state index contributed by atoms with van der Waals surface area (Å²) in [5.74, 6) is 0.149. The van der Waals surface area contributed by atoms with Gasteiger partial charge in [-0.25, -0.2) is 14.5 Å². The van der Waals surface area contributed by atoms with Crippen molar-refractivity contribution in [3.05, 3.63) is 28.2 Å². The molecule has 0 aliphatic rings. The van der Waals surface area contributed by atoms with E-state index in [0.29, 0.717) is 10.2 Å². The molecule has 0 spiro atoms. The normalized spacial score (nSPS) is 11.4. The monoisotopic (exact) mass is 297 g/mol. The molecule has 0 aliphatic heterocycles. The van der Waals surface area contributed by atoms with Gasteiger partial charge in [-0.15, -0.1) is 16.4 Å². The second-order valence-corrected chi connectivity index (χ2v) is 5.53. The van der Waals surface area contributed by atoms with E-state index in [9.17, 15) is 4.79 Å². The molecular formula is C12H12ClN3O2S. The number of halogens is 1. The van der Waals surface area contributed by atoms with E-state index < -0.39 is 5.97 Å². The number of esters is 1. The summed E-state index contributed by atoms with van der Waals surface area (Å²) in [4.78, 5) is 15.5. The summed E-state index contributed by atoms with van der Waals surface area (Å²) >= 11 is 7.27. The van der Waals surface area contributed by atoms with Crippen LogP contribution in [0.3, 0.4) is 0 Å². The Kier molecular flexibility index (Phi) is 4.34. The third-order valence-electron chi connectivity index (χ3n) is 2.05. The van der Waals surface area contributed by atoms with Crippen LogP contribution in [0.4, 0.5) is 0 Å². The summed E-state index contributed by atoms with van der Waals surface area (Å²) in [6.45, 7) is 3.58. The molecule has 100 valence electrons. The molecule has 0 bridgehead atoms. The molecule has 0 amide bonds. The Morgan fingerprint density at radius 1 is 1.58 bits per heavy atom. The summed E-state index contributed by atoms with van der Waals surface area (Å²) in [5, 5.41) is 6.08. The molecule has 0 atom stereocenters. The molecule has 0 saturated carbocycles. The van der Waals surface area contributed by atoms with Crippen molar-refractivity contribution < 1.29 is 9.53 Å². The summed E-state index contributed by atoms with van der Waals surface area (Å²) < 4.78 is 7.09. The van der Waals surface area contributed by atoms with Crippen molar-refractivity contribution >= 4 is 35.1 Å². The van der Waals surface area contributed by atoms with Crippen LogP contribution in [0.5, 0.6) is 0 Å². The lowest BCUT2D eigenvalue weighted by atomic mass is 10.3. The van der Waals surface area contributed by atoms with E-state index >= 15 is 0 Å². The van der Waals surface area contributed by atoms with E-state index in [2.05, 4.69) is 10.1 Å². The van der Waals surface area contributed by atoms with Gasteiger partial charge in [0, 0.05) is 23.2 Å². The Hall–Kier alpha value is -1.66. The minimum Gasteiger partial charge on any atom is -0.460 e. The Bertz CT molecular complexity index is 604. The van der Waals surface area contributed by atoms with E-state index in [1.807, 2.05) is 5.38 Å². The molecule has 0 aromatic carbocycles. The number of hydrogen-bond acceptors (Lipinski definition) is 5. The molecule has 0 N–H and O–H groups in total. The number of ether oxygens (including phenoxy) is 1. The first-order chi connectivity index (χ1) is 9.04. The fourth-order valence-electron chi connectivity index (χ4n) is 1.32. The Morgan fingerprint density at radius 2 is 2.37 bits per heavy atom. The second-order valence-electron chi connectivity index (χ2n) is 3.99.